The molecule has 0 heterocycles. The van der Waals surface area contributed by atoms with Crippen LogP contribution in [0.5, 0.6) is 0 Å². The van der Waals surface area contributed by atoms with Crippen molar-refractivity contribution in [2.45, 2.75) is 0 Å². The smallest absolute Gasteiger partial charge is 1.00 e. The number of rotatable bonds is 0. The van der Waals surface area contributed by atoms with E-state index in [2.05, 4.69) is 0 Å². The summed E-state index contributed by atoms with van der Waals surface area (Å²) in [6.07, 6.45) is 0. The molecule has 0 atom stereocenters. The molecule has 0 aromatic carbocycles. The Hall–Kier alpha value is 3.53. The molecule has 0 rings (SSSR count). The van der Waals surface area contributed by atoms with E-state index in [1.807, 2.05) is 0 Å². The molecule has 0 aliphatic heterocycles. The molecule has 0 N–H and O–H groups in total. The Morgan fingerprint density at radius 2 is 0.889 bits per heavy atom. The van der Waals surface area contributed by atoms with Gasteiger partial charge in [0.25, 0.3) is 0 Å². The molecular weight excluding hydrogens is 243 g/mol. The van der Waals surface area contributed by atoms with Crippen molar-refractivity contribution in [3.8, 4) is 0 Å². The van der Waals surface area contributed by atoms with Crippen molar-refractivity contribution >= 4 is 26.9 Å². The molecule has 0 amide bonds. The topological polar surface area (TPSA) is 86.2 Å². The van der Waals surface area contributed by atoms with Gasteiger partial charge in [-0.15, -0.1) is 12.4 Å². The van der Waals surface area contributed by atoms with Crippen LogP contribution in [-0.2, 0) is 3.74 Å². The molecule has 40 valence electrons. The number of hydrogen-bond donors (Lipinski definition) is 0. The van der Waals surface area contributed by atoms with Crippen molar-refractivity contribution in [3.63, 3.8) is 0 Å². The molecule has 0 bridgehead atoms. The van der Waals surface area contributed by atoms with Crippen LogP contribution in [-0.4, -0.2) is 14.5 Å². The second kappa shape index (κ2) is 14.1. The molecule has 0 unspecified atom stereocenters. The quantitative estimate of drug-likeness (QED) is 0.396. The fraction of sp³-hybridized carbons (Fsp3) is 0. The average molecular weight is 244 g/mol. The van der Waals surface area contributed by atoms with Gasteiger partial charge in [-0.2, -0.15) is 0 Å². The van der Waals surface area contributed by atoms with E-state index >= 15 is 0 Å². The fourth-order valence-corrected chi connectivity index (χ4v) is 0. The minimum Gasteiger partial charge on any atom is 1.00 e. The third-order valence-electron chi connectivity index (χ3n) is 0. The first-order chi connectivity index (χ1) is 2.00. The summed E-state index contributed by atoms with van der Waals surface area (Å²) in [6, 6.07) is 0. The standard InChI is InChI=1S/AsH3O4.ClH.3Na/c2-1(3,4)5;;;;/h(H3,2,3,4,5);1H;;;/q;;3*+1/p-3. The van der Waals surface area contributed by atoms with Gasteiger partial charge in [-0.3, -0.25) is 0 Å². The summed E-state index contributed by atoms with van der Waals surface area (Å²) < 4.78 is 34.4. The van der Waals surface area contributed by atoms with Crippen LogP contribution in [0.15, 0.2) is 0 Å². The summed E-state index contributed by atoms with van der Waals surface area (Å²) in [4.78, 5) is 0. The zero-order chi connectivity index (χ0) is 4.50. The second-order valence-corrected chi connectivity index (χ2v) is 2.32. The molecule has 0 fully saturated rings. The molecular formula is HAsClNa3O4. The minimum absolute atomic E-state index is 0. The van der Waals surface area contributed by atoms with Crippen molar-refractivity contribution < 1.29 is 105 Å². The largest absolute Gasteiger partial charge is 1.00 e. The summed E-state index contributed by atoms with van der Waals surface area (Å²) in [5.41, 5.74) is 0. The summed E-state index contributed by atoms with van der Waals surface area (Å²) in [5.74, 6) is 0. The molecule has 0 aromatic heterocycles. The van der Waals surface area contributed by atoms with Crippen LogP contribution >= 0.6 is 12.4 Å². The van der Waals surface area contributed by atoms with Gasteiger partial charge in [0.05, 0.1) is 0 Å². The van der Waals surface area contributed by atoms with E-state index in [1.54, 1.807) is 0 Å². The van der Waals surface area contributed by atoms with Crippen LogP contribution in [0.4, 0.5) is 0 Å². The Morgan fingerprint density at radius 3 is 0.889 bits per heavy atom. The van der Waals surface area contributed by atoms with Crippen molar-refractivity contribution in [1.82, 2.24) is 0 Å². The number of hydrogen-bond acceptors (Lipinski definition) is 4. The van der Waals surface area contributed by atoms with Crippen molar-refractivity contribution in [2.75, 3.05) is 0 Å². The predicted molar refractivity (Wildman–Crippen MR) is 13.7 cm³/mol. The monoisotopic (exact) mass is 244 g/mol. The fourth-order valence-electron chi connectivity index (χ4n) is 0. The first-order valence-corrected chi connectivity index (χ1v) is 3.79. The maximum absolute atomic E-state index is 8.61. The van der Waals surface area contributed by atoms with Gasteiger partial charge in [0.1, 0.15) is 0 Å². The van der Waals surface area contributed by atoms with Gasteiger partial charge in [0, 0.05) is 0 Å². The van der Waals surface area contributed by atoms with Crippen LogP contribution in [0.3, 0.4) is 0 Å². The van der Waals surface area contributed by atoms with Gasteiger partial charge in [-0.25, -0.2) is 0 Å². The maximum atomic E-state index is 8.61. The second-order valence-electron chi connectivity index (χ2n) is 0.447. The summed E-state index contributed by atoms with van der Waals surface area (Å²) >= 11 is -5.88. The van der Waals surface area contributed by atoms with E-state index in [-0.39, 0.29) is 101 Å². The molecule has 9 heteroatoms. The van der Waals surface area contributed by atoms with Gasteiger partial charge in [-0.05, 0) is 0 Å². The molecule has 0 saturated carbocycles. The van der Waals surface area contributed by atoms with Gasteiger partial charge in [0.15, 0.2) is 0 Å². The molecule has 0 radical (unpaired) electrons. The van der Waals surface area contributed by atoms with Crippen molar-refractivity contribution in [1.29, 1.82) is 0 Å². The third-order valence-corrected chi connectivity index (χ3v) is 0. The van der Waals surface area contributed by atoms with E-state index in [1.165, 1.54) is 0 Å². The van der Waals surface area contributed by atoms with E-state index in [0.29, 0.717) is 0 Å². The Kier molecular flexibility index (Phi) is 45.9. The molecule has 4 nitrogen and oxygen atoms in total. The van der Waals surface area contributed by atoms with E-state index in [0.717, 1.165) is 0 Å². The van der Waals surface area contributed by atoms with Crippen LogP contribution in [0.2, 0.25) is 0 Å². The minimum atomic E-state index is -5.88. The van der Waals surface area contributed by atoms with Crippen LogP contribution < -0.4 is 101 Å². The third kappa shape index (κ3) is 84.1. The van der Waals surface area contributed by atoms with Gasteiger partial charge in [0.2, 0.25) is 0 Å². The Balaban J connectivity index is -0.0000000133. The Labute approximate surface area is 129 Å². The first kappa shape index (κ1) is 29.4. The Morgan fingerprint density at radius 1 is 0.889 bits per heavy atom. The SMILES string of the molecule is Cl.O=[As]([O-])([O-])[O-].[Na+].[Na+].[Na+]. The van der Waals surface area contributed by atoms with Crippen LogP contribution in [0.1, 0.15) is 0 Å². The first-order valence-electron chi connectivity index (χ1n) is 0.730. The van der Waals surface area contributed by atoms with Crippen molar-refractivity contribution in [2.24, 2.45) is 0 Å². The molecule has 0 aliphatic carbocycles. The van der Waals surface area contributed by atoms with Crippen LogP contribution in [0, 0.1) is 0 Å². The Bertz CT molecular complexity index is 61.9. The number of halogens is 1. The molecule has 9 heavy (non-hydrogen) atoms. The average Bonchev–Trinajstić information content (AvgIpc) is 0.722. The van der Waals surface area contributed by atoms with Gasteiger partial charge >= 0.3 is 119 Å². The maximum Gasteiger partial charge on any atom is 1.00 e. The van der Waals surface area contributed by atoms with Gasteiger partial charge in [-0.1, -0.05) is 0 Å². The van der Waals surface area contributed by atoms with Gasteiger partial charge < -0.3 is 0 Å². The normalized spacial score (nSPS) is 6.56. The predicted octanol–water partition coefficient (Wildman–Crippen LogP) is -12.6. The summed E-state index contributed by atoms with van der Waals surface area (Å²) in [7, 11) is 0. The zero-order valence-electron chi connectivity index (χ0n) is 5.49. The van der Waals surface area contributed by atoms with E-state index in [4.69, 9.17) is 16.0 Å². The molecule has 0 spiro atoms. The molecule has 0 saturated heterocycles. The van der Waals surface area contributed by atoms with Crippen LogP contribution in [0.25, 0.3) is 0 Å². The molecule has 0 aromatic rings. The van der Waals surface area contributed by atoms with Crippen molar-refractivity contribution in [3.05, 3.63) is 0 Å². The van der Waals surface area contributed by atoms with E-state index in [9.17, 15) is 0 Å². The molecule has 0 aliphatic rings. The van der Waals surface area contributed by atoms with E-state index < -0.39 is 14.5 Å². The summed E-state index contributed by atoms with van der Waals surface area (Å²) in [5, 5.41) is 0. The zero-order valence-corrected chi connectivity index (χ0v) is 14.2. The summed E-state index contributed by atoms with van der Waals surface area (Å²) in [6.45, 7) is 0.